The molecule has 6 heterocycles. The van der Waals surface area contributed by atoms with Crippen molar-refractivity contribution in [1.82, 2.24) is 24.7 Å². The highest BCUT2D eigenvalue weighted by Crippen LogP contribution is 2.35. The molecule has 7 rings (SSSR count). The third-order valence-electron chi connectivity index (χ3n) is 8.48. The van der Waals surface area contributed by atoms with Crippen molar-refractivity contribution in [1.29, 1.82) is 0 Å². The Morgan fingerprint density at radius 3 is 2.66 bits per heavy atom. The van der Waals surface area contributed by atoms with Gasteiger partial charge in [0, 0.05) is 42.2 Å². The Kier molecular flexibility index (Phi) is 5.59. The fraction of sp³-hybridized carbons (Fsp3) is 0.448. The number of benzene rings is 1. The summed E-state index contributed by atoms with van der Waals surface area (Å²) >= 11 is 0. The van der Waals surface area contributed by atoms with Gasteiger partial charge in [0.05, 0.1) is 24.9 Å². The van der Waals surface area contributed by atoms with E-state index in [1.807, 2.05) is 18.2 Å². The second-order valence-electron chi connectivity index (χ2n) is 11.0. The van der Waals surface area contributed by atoms with E-state index < -0.39 is 11.9 Å². The number of carbonyl (C=O) groups is 3. The Hall–Kier alpha value is -3.56. The number of rotatable bonds is 5. The molecular formula is C29H31N5O4. The summed E-state index contributed by atoms with van der Waals surface area (Å²) in [5.41, 5.74) is 6.86. The van der Waals surface area contributed by atoms with E-state index in [1.54, 1.807) is 4.90 Å². The van der Waals surface area contributed by atoms with Crippen molar-refractivity contribution in [2.45, 2.75) is 57.8 Å². The van der Waals surface area contributed by atoms with Crippen LogP contribution in [0, 0.1) is 6.92 Å². The first-order chi connectivity index (χ1) is 18.5. The standard InChI is InChI=1S/C29H31N5O4/c1-17-12-33(21-15-38-16-21)27-26(17)20(13-32-8-2-3-9-32)11-23(30-27)18-4-5-22-19(10-18)14-34(29(22)37)24-6-7-25(35)31-28(24)36/h4-5,10-12,21,24H,2-3,6-9,13-16H2,1H3,(H,31,35,36). The predicted octanol–water partition coefficient (Wildman–Crippen LogP) is 2.94. The highest BCUT2D eigenvalue weighted by atomic mass is 16.5. The van der Waals surface area contributed by atoms with Crippen LogP contribution in [-0.2, 0) is 27.4 Å². The van der Waals surface area contributed by atoms with E-state index in [2.05, 4.69) is 34.0 Å². The van der Waals surface area contributed by atoms with Gasteiger partial charge in [-0.1, -0.05) is 6.07 Å². The van der Waals surface area contributed by atoms with Crippen molar-refractivity contribution in [2.24, 2.45) is 0 Å². The topological polar surface area (TPSA) is 96.8 Å². The second-order valence-corrected chi connectivity index (χ2v) is 11.0. The minimum Gasteiger partial charge on any atom is -0.377 e. The summed E-state index contributed by atoms with van der Waals surface area (Å²) in [7, 11) is 0. The normalized spacial score (nSPS) is 22.3. The third kappa shape index (κ3) is 3.84. The fourth-order valence-electron chi connectivity index (χ4n) is 6.38. The van der Waals surface area contributed by atoms with E-state index in [0.29, 0.717) is 37.8 Å². The molecule has 0 spiro atoms. The molecule has 38 heavy (non-hydrogen) atoms. The maximum absolute atomic E-state index is 13.2. The Labute approximate surface area is 220 Å². The summed E-state index contributed by atoms with van der Waals surface area (Å²) in [4.78, 5) is 46.5. The molecule has 3 amide bonds. The number of aromatic nitrogens is 2. The number of aryl methyl sites for hydroxylation is 1. The molecule has 1 unspecified atom stereocenters. The number of amides is 3. The lowest BCUT2D eigenvalue weighted by molar-refractivity contribution is -0.136. The molecule has 0 aliphatic carbocycles. The molecule has 3 saturated heterocycles. The molecule has 1 atom stereocenters. The Balaban J connectivity index is 1.27. The molecule has 196 valence electrons. The van der Waals surface area contributed by atoms with Gasteiger partial charge in [0.1, 0.15) is 11.7 Å². The molecule has 9 nitrogen and oxygen atoms in total. The van der Waals surface area contributed by atoms with E-state index >= 15 is 0 Å². The fourth-order valence-corrected chi connectivity index (χ4v) is 6.38. The summed E-state index contributed by atoms with van der Waals surface area (Å²) in [6.07, 6.45) is 5.29. The monoisotopic (exact) mass is 513 g/mol. The Morgan fingerprint density at radius 2 is 1.92 bits per heavy atom. The maximum Gasteiger partial charge on any atom is 0.255 e. The lowest BCUT2D eigenvalue weighted by Gasteiger charge is -2.29. The SMILES string of the molecule is Cc1cn(C2COC2)c2nc(-c3ccc4c(c3)CN(C3CCC(=O)NC3=O)C4=O)cc(CN3CCCC3)c12. The van der Waals surface area contributed by atoms with Crippen LogP contribution < -0.4 is 5.32 Å². The largest absolute Gasteiger partial charge is 0.377 e. The van der Waals surface area contributed by atoms with Gasteiger partial charge in [0.15, 0.2) is 0 Å². The molecule has 0 saturated carbocycles. The van der Waals surface area contributed by atoms with E-state index in [1.165, 1.54) is 29.4 Å². The maximum atomic E-state index is 13.2. The molecule has 1 N–H and O–H groups in total. The molecule has 3 fully saturated rings. The Morgan fingerprint density at radius 1 is 1.11 bits per heavy atom. The number of ether oxygens (including phenoxy) is 1. The summed E-state index contributed by atoms with van der Waals surface area (Å²) in [6.45, 7) is 7.05. The van der Waals surface area contributed by atoms with Crippen molar-refractivity contribution in [3.63, 3.8) is 0 Å². The van der Waals surface area contributed by atoms with Crippen LogP contribution in [0.25, 0.3) is 22.3 Å². The van der Waals surface area contributed by atoms with Crippen molar-refractivity contribution in [2.75, 3.05) is 26.3 Å². The van der Waals surface area contributed by atoms with Gasteiger partial charge in [-0.05, 0) is 74.2 Å². The summed E-state index contributed by atoms with van der Waals surface area (Å²) in [5, 5.41) is 3.60. The molecule has 3 aromatic rings. The molecule has 4 aliphatic rings. The van der Waals surface area contributed by atoms with E-state index in [4.69, 9.17) is 9.72 Å². The van der Waals surface area contributed by atoms with Crippen molar-refractivity contribution in [3.05, 3.63) is 52.7 Å². The predicted molar refractivity (Wildman–Crippen MR) is 140 cm³/mol. The van der Waals surface area contributed by atoms with Gasteiger partial charge in [-0.15, -0.1) is 0 Å². The van der Waals surface area contributed by atoms with Crippen molar-refractivity contribution < 1.29 is 19.1 Å². The zero-order chi connectivity index (χ0) is 26.0. The number of fused-ring (bicyclic) bond motifs is 2. The minimum atomic E-state index is -0.617. The quantitative estimate of drug-likeness (QED) is 0.527. The average molecular weight is 514 g/mol. The smallest absolute Gasteiger partial charge is 0.255 e. The van der Waals surface area contributed by atoms with E-state index in [0.717, 1.165) is 42.1 Å². The van der Waals surface area contributed by atoms with Gasteiger partial charge in [-0.2, -0.15) is 0 Å². The molecular weight excluding hydrogens is 482 g/mol. The first-order valence-electron chi connectivity index (χ1n) is 13.6. The van der Waals surface area contributed by atoms with Crippen LogP contribution in [0.4, 0.5) is 0 Å². The molecule has 0 bridgehead atoms. The van der Waals surface area contributed by atoms with Gasteiger partial charge < -0.3 is 14.2 Å². The summed E-state index contributed by atoms with van der Waals surface area (Å²) < 4.78 is 7.76. The van der Waals surface area contributed by atoms with Gasteiger partial charge in [0.25, 0.3) is 5.91 Å². The summed E-state index contributed by atoms with van der Waals surface area (Å²) in [5.74, 6) is -0.830. The number of hydrogen-bond acceptors (Lipinski definition) is 6. The highest BCUT2D eigenvalue weighted by Gasteiger charge is 2.39. The van der Waals surface area contributed by atoms with Gasteiger partial charge in [0.2, 0.25) is 11.8 Å². The zero-order valence-electron chi connectivity index (χ0n) is 21.5. The van der Waals surface area contributed by atoms with Crippen molar-refractivity contribution >= 4 is 28.8 Å². The number of hydrogen-bond donors (Lipinski definition) is 1. The second kappa shape index (κ2) is 9.03. The number of pyridine rings is 1. The number of nitrogens with zero attached hydrogens (tertiary/aromatic N) is 4. The first kappa shape index (κ1) is 23.5. The number of carbonyl (C=O) groups excluding carboxylic acids is 3. The summed E-state index contributed by atoms with van der Waals surface area (Å²) in [6, 6.07) is 7.76. The average Bonchev–Trinajstić information content (AvgIpc) is 3.57. The lowest BCUT2D eigenvalue weighted by atomic mass is 10.0. The number of nitrogens with one attached hydrogen (secondary N) is 1. The first-order valence-corrected chi connectivity index (χ1v) is 13.6. The Bertz CT molecular complexity index is 1480. The van der Waals surface area contributed by atoms with Crippen LogP contribution in [0.5, 0.6) is 0 Å². The molecule has 4 aliphatic heterocycles. The highest BCUT2D eigenvalue weighted by molar-refractivity contribution is 6.05. The van der Waals surface area contributed by atoms with Crippen LogP contribution in [0.15, 0.2) is 30.5 Å². The van der Waals surface area contributed by atoms with Gasteiger partial charge in [-0.3, -0.25) is 24.6 Å². The van der Waals surface area contributed by atoms with Crippen LogP contribution >= 0.6 is 0 Å². The minimum absolute atomic E-state index is 0.159. The lowest BCUT2D eigenvalue weighted by Crippen LogP contribution is -2.52. The molecule has 0 radical (unpaired) electrons. The van der Waals surface area contributed by atoms with E-state index in [9.17, 15) is 14.4 Å². The van der Waals surface area contributed by atoms with Crippen LogP contribution in [0.1, 0.15) is 58.8 Å². The van der Waals surface area contributed by atoms with Crippen LogP contribution in [-0.4, -0.2) is 69.4 Å². The third-order valence-corrected chi connectivity index (χ3v) is 8.48. The van der Waals surface area contributed by atoms with E-state index in [-0.39, 0.29) is 18.2 Å². The number of imide groups is 1. The number of likely N-dealkylation sites (tertiary alicyclic amines) is 1. The molecule has 9 heteroatoms. The molecule has 2 aromatic heterocycles. The number of piperidine rings is 1. The van der Waals surface area contributed by atoms with Crippen molar-refractivity contribution in [3.8, 4) is 11.3 Å². The van der Waals surface area contributed by atoms with Gasteiger partial charge >= 0.3 is 0 Å². The molecule has 1 aromatic carbocycles. The van der Waals surface area contributed by atoms with Crippen LogP contribution in [0.3, 0.4) is 0 Å². The zero-order valence-corrected chi connectivity index (χ0v) is 21.5. The van der Waals surface area contributed by atoms with Crippen LogP contribution in [0.2, 0.25) is 0 Å². The van der Waals surface area contributed by atoms with Gasteiger partial charge in [-0.25, -0.2) is 4.98 Å².